The molecule has 0 aromatic heterocycles. The van der Waals surface area contributed by atoms with Gasteiger partial charge >= 0.3 is 0 Å². The Hall–Kier alpha value is -1.57. The minimum atomic E-state index is -0.0949. The summed E-state index contributed by atoms with van der Waals surface area (Å²) >= 11 is 5.92. The van der Waals surface area contributed by atoms with Gasteiger partial charge < -0.3 is 5.32 Å². The Balaban J connectivity index is 2.01. The third-order valence-electron chi connectivity index (χ3n) is 3.97. The number of likely N-dealkylation sites (N-methyl/N-ethyl adjacent to an activating group) is 1. The number of rotatable bonds is 5. The third kappa shape index (κ3) is 4.20. The van der Waals surface area contributed by atoms with Crippen molar-refractivity contribution in [1.82, 2.24) is 4.90 Å². The second-order valence-corrected chi connectivity index (χ2v) is 5.79. The monoisotopic (exact) mass is 305 g/mol. The molecule has 1 aromatic rings. The predicted octanol–water partition coefficient (Wildman–Crippen LogP) is 3.41. The molecule has 1 aliphatic rings. The molecule has 5 heteroatoms. The average molecular weight is 306 g/mol. The number of carbonyl (C=O) groups excluding carboxylic acids is 1. The van der Waals surface area contributed by atoms with Crippen LogP contribution in [0.25, 0.3) is 0 Å². The molecule has 1 aromatic carbocycles. The summed E-state index contributed by atoms with van der Waals surface area (Å²) in [6, 6.07) is 7.45. The van der Waals surface area contributed by atoms with Crippen molar-refractivity contribution in [3.8, 4) is 6.07 Å². The molecule has 21 heavy (non-hydrogen) atoms. The van der Waals surface area contributed by atoms with E-state index < -0.39 is 0 Å². The van der Waals surface area contributed by atoms with E-state index in [1.807, 2.05) is 0 Å². The number of anilines is 1. The highest BCUT2D eigenvalue weighted by molar-refractivity contribution is 6.31. The van der Waals surface area contributed by atoms with Crippen molar-refractivity contribution in [2.24, 2.45) is 0 Å². The van der Waals surface area contributed by atoms with Crippen LogP contribution in [0.5, 0.6) is 0 Å². The maximum Gasteiger partial charge on any atom is 0.238 e. The van der Waals surface area contributed by atoms with Gasteiger partial charge in [-0.3, -0.25) is 9.69 Å². The lowest BCUT2D eigenvalue weighted by molar-refractivity contribution is -0.117. The fourth-order valence-corrected chi connectivity index (χ4v) is 3.03. The summed E-state index contributed by atoms with van der Waals surface area (Å²) in [6.07, 6.45) is 4.83. The molecule has 0 saturated heterocycles. The molecule has 1 amide bonds. The molecule has 0 radical (unpaired) electrons. The second-order valence-electron chi connectivity index (χ2n) is 5.35. The number of carbonyl (C=O) groups is 1. The summed E-state index contributed by atoms with van der Waals surface area (Å²) in [5.41, 5.74) is 0.911. The van der Waals surface area contributed by atoms with E-state index in [0.717, 1.165) is 6.54 Å². The van der Waals surface area contributed by atoms with Crippen LogP contribution in [0.15, 0.2) is 18.2 Å². The quantitative estimate of drug-likeness (QED) is 0.907. The molecule has 1 aliphatic carbocycles. The Kier molecular flexibility index (Phi) is 5.60. The van der Waals surface area contributed by atoms with E-state index in [1.54, 1.807) is 18.2 Å². The Labute approximate surface area is 130 Å². The number of benzene rings is 1. The van der Waals surface area contributed by atoms with E-state index in [1.165, 1.54) is 25.7 Å². The van der Waals surface area contributed by atoms with E-state index in [0.29, 0.717) is 28.9 Å². The number of hydrogen-bond acceptors (Lipinski definition) is 3. The minimum absolute atomic E-state index is 0.0949. The number of nitrogens with one attached hydrogen (secondary N) is 1. The Morgan fingerprint density at radius 2 is 2.19 bits per heavy atom. The average Bonchev–Trinajstić information content (AvgIpc) is 2.99. The number of nitriles is 1. The maximum atomic E-state index is 12.2. The van der Waals surface area contributed by atoms with E-state index >= 15 is 0 Å². The standard InChI is InChI=1S/C16H20ClN3O/c1-2-20(14-5-3-4-6-14)11-16(21)19-15-9-13(17)8-7-12(15)10-18/h7-9,14H,2-6,11H2,1H3,(H,19,21). The van der Waals surface area contributed by atoms with Gasteiger partial charge in [-0.1, -0.05) is 31.4 Å². The van der Waals surface area contributed by atoms with Crippen LogP contribution in [0, 0.1) is 11.3 Å². The molecular formula is C16H20ClN3O. The van der Waals surface area contributed by atoms with Gasteiger partial charge in [-0.05, 0) is 37.6 Å². The molecule has 0 aliphatic heterocycles. The third-order valence-corrected chi connectivity index (χ3v) is 4.21. The van der Waals surface area contributed by atoms with Crippen LogP contribution in [0.1, 0.15) is 38.2 Å². The van der Waals surface area contributed by atoms with Gasteiger partial charge in [0.25, 0.3) is 0 Å². The predicted molar refractivity (Wildman–Crippen MR) is 84.3 cm³/mol. The number of nitrogens with zero attached hydrogens (tertiary/aromatic N) is 2. The fraction of sp³-hybridized carbons (Fsp3) is 0.500. The van der Waals surface area contributed by atoms with Crippen molar-refractivity contribution in [3.63, 3.8) is 0 Å². The smallest absolute Gasteiger partial charge is 0.238 e. The molecule has 0 atom stereocenters. The lowest BCUT2D eigenvalue weighted by Gasteiger charge is -2.26. The van der Waals surface area contributed by atoms with Gasteiger partial charge in [0.2, 0.25) is 5.91 Å². The number of halogens is 1. The molecular weight excluding hydrogens is 286 g/mol. The number of hydrogen-bond donors (Lipinski definition) is 1. The Morgan fingerprint density at radius 3 is 2.81 bits per heavy atom. The minimum Gasteiger partial charge on any atom is -0.324 e. The largest absolute Gasteiger partial charge is 0.324 e. The van der Waals surface area contributed by atoms with Crippen molar-refractivity contribution < 1.29 is 4.79 Å². The zero-order valence-electron chi connectivity index (χ0n) is 12.2. The van der Waals surface area contributed by atoms with Crippen LogP contribution in [-0.2, 0) is 4.79 Å². The first-order valence-electron chi connectivity index (χ1n) is 7.37. The highest BCUT2D eigenvalue weighted by Gasteiger charge is 2.23. The highest BCUT2D eigenvalue weighted by Crippen LogP contribution is 2.24. The molecule has 0 heterocycles. The molecule has 4 nitrogen and oxygen atoms in total. The van der Waals surface area contributed by atoms with Gasteiger partial charge in [-0.25, -0.2) is 0 Å². The SMILES string of the molecule is CCN(CC(=O)Nc1cc(Cl)ccc1C#N)C1CCCC1. The topological polar surface area (TPSA) is 56.1 Å². The van der Waals surface area contributed by atoms with Crippen LogP contribution in [0.2, 0.25) is 5.02 Å². The molecule has 2 rings (SSSR count). The van der Waals surface area contributed by atoms with Gasteiger partial charge in [0.15, 0.2) is 0 Å². The number of amides is 1. The summed E-state index contributed by atoms with van der Waals surface area (Å²) < 4.78 is 0. The summed E-state index contributed by atoms with van der Waals surface area (Å²) in [4.78, 5) is 14.4. The summed E-state index contributed by atoms with van der Waals surface area (Å²) in [5, 5.41) is 12.4. The molecule has 0 spiro atoms. The van der Waals surface area contributed by atoms with Crippen LogP contribution >= 0.6 is 11.6 Å². The summed E-state index contributed by atoms with van der Waals surface area (Å²) in [6.45, 7) is 3.29. The van der Waals surface area contributed by atoms with Crippen LogP contribution < -0.4 is 5.32 Å². The molecule has 1 N–H and O–H groups in total. The van der Waals surface area contributed by atoms with Crippen molar-refractivity contribution in [2.45, 2.75) is 38.6 Å². The lowest BCUT2D eigenvalue weighted by atomic mass is 10.2. The Morgan fingerprint density at radius 1 is 1.48 bits per heavy atom. The van der Waals surface area contributed by atoms with Gasteiger partial charge in [-0.15, -0.1) is 0 Å². The van der Waals surface area contributed by atoms with Crippen LogP contribution in [-0.4, -0.2) is 29.9 Å². The van der Waals surface area contributed by atoms with Crippen molar-refractivity contribution >= 4 is 23.2 Å². The molecule has 1 fully saturated rings. The van der Waals surface area contributed by atoms with Gasteiger partial charge in [0.1, 0.15) is 6.07 Å². The van der Waals surface area contributed by atoms with E-state index in [9.17, 15) is 4.79 Å². The van der Waals surface area contributed by atoms with Crippen LogP contribution in [0.3, 0.4) is 0 Å². The summed E-state index contributed by atoms with van der Waals surface area (Å²) in [5.74, 6) is -0.0949. The second kappa shape index (κ2) is 7.44. The fourth-order valence-electron chi connectivity index (χ4n) is 2.86. The van der Waals surface area contributed by atoms with Gasteiger partial charge in [-0.2, -0.15) is 5.26 Å². The van der Waals surface area contributed by atoms with E-state index in [2.05, 4.69) is 23.2 Å². The first-order valence-corrected chi connectivity index (χ1v) is 7.75. The lowest BCUT2D eigenvalue weighted by Crippen LogP contribution is -2.39. The van der Waals surface area contributed by atoms with E-state index in [4.69, 9.17) is 16.9 Å². The molecule has 0 bridgehead atoms. The maximum absolute atomic E-state index is 12.2. The zero-order valence-corrected chi connectivity index (χ0v) is 13.0. The van der Waals surface area contributed by atoms with Crippen molar-refractivity contribution in [3.05, 3.63) is 28.8 Å². The first kappa shape index (κ1) is 15.8. The highest BCUT2D eigenvalue weighted by atomic mass is 35.5. The van der Waals surface area contributed by atoms with E-state index in [-0.39, 0.29) is 5.91 Å². The molecule has 112 valence electrons. The summed E-state index contributed by atoms with van der Waals surface area (Å²) in [7, 11) is 0. The normalized spacial score (nSPS) is 15.1. The van der Waals surface area contributed by atoms with Crippen molar-refractivity contribution in [2.75, 3.05) is 18.4 Å². The molecule has 1 saturated carbocycles. The van der Waals surface area contributed by atoms with Gasteiger partial charge in [0, 0.05) is 11.1 Å². The van der Waals surface area contributed by atoms with Gasteiger partial charge in [0.05, 0.1) is 17.8 Å². The van der Waals surface area contributed by atoms with Crippen molar-refractivity contribution in [1.29, 1.82) is 5.26 Å². The first-order chi connectivity index (χ1) is 10.1. The molecule has 0 unspecified atom stereocenters. The Bertz CT molecular complexity index is 547. The zero-order chi connectivity index (χ0) is 15.2. The van der Waals surface area contributed by atoms with Crippen LogP contribution in [0.4, 0.5) is 5.69 Å².